The smallest absolute Gasteiger partial charge is 0.472 e. The maximum absolute atomic E-state index is 15.1. The minimum Gasteiger partial charge on any atom is -0.483 e. The summed E-state index contributed by atoms with van der Waals surface area (Å²) >= 11 is 0. The number of aliphatic hydroxyl groups is 1. The number of hydrogen-bond acceptors (Lipinski definition) is 5. The average Bonchev–Trinajstić information content (AvgIpc) is 3.23. The van der Waals surface area contributed by atoms with Crippen LogP contribution in [0.25, 0.3) is 11.8 Å². The van der Waals surface area contributed by atoms with Gasteiger partial charge >= 0.3 is 7.82 Å². The van der Waals surface area contributed by atoms with E-state index in [0.29, 0.717) is 17.8 Å². The fourth-order valence-corrected chi connectivity index (χ4v) is 4.81. The zero-order chi connectivity index (χ0) is 30.2. The number of morpholine rings is 1. The third-order valence-electron chi connectivity index (χ3n) is 6.35. The summed E-state index contributed by atoms with van der Waals surface area (Å²) in [5.41, 5.74) is 0.690. The third kappa shape index (κ3) is 6.85. The number of imidazole rings is 1. The molecule has 41 heavy (non-hydrogen) atoms. The molecule has 1 aromatic heterocycles. The van der Waals surface area contributed by atoms with E-state index >= 15 is 4.39 Å². The second-order valence-electron chi connectivity index (χ2n) is 9.60. The predicted molar refractivity (Wildman–Crippen MR) is 135 cm³/mol. The van der Waals surface area contributed by atoms with Gasteiger partial charge in [-0.25, -0.2) is 31.2 Å². The Morgan fingerprint density at radius 1 is 1.17 bits per heavy atom. The van der Waals surface area contributed by atoms with Crippen molar-refractivity contribution in [2.75, 3.05) is 6.54 Å². The number of nitrogens with zero attached hydrogens (tertiary/aromatic N) is 3. The molecule has 10 nitrogen and oxygen atoms in total. The zero-order valence-electron chi connectivity index (χ0n) is 22.0. The first-order chi connectivity index (χ1) is 19.1. The normalized spacial score (nSPS) is 18.5. The van der Waals surface area contributed by atoms with Crippen LogP contribution in [0.3, 0.4) is 0 Å². The molecule has 1 fully saturated rings. The highest BCUT2D eigenvalue weighted by Crippen LogP contribution is 2.36. The van der Waals surface area contributed by atoms with Crippen LogP contribution in [0.2, 0.25) is 0 Å². The summed E-state index contributed by atoms with van der Waals surface area (Å²) in [6, 6.07) is 4.23. The number of phosphoric ester groups is 1. The number of halogens is 4. The minimum atomic E-state index is -4.71. The van der Waals surface area contributed by atoms with Gasteiger partial charge in [0.1, 0.15) is 18.0 Å². The van der Waals surface area contributed by atoms with E-state index in [-0.39, 0.29) is 29.1 Å². The molecule has 1 amide bonds. The van der Waals surface area contributed by atoms with Crippen LogP contribution >= 0.6 is 7.82 Å². The van der Waals surface area contributed by atoms with Crippen molar-refractivity contribution in [3.63, 3.8) is 0 Å². The maximum Gasteiger partial charge on any atom is 0.472 e. The molecule has 220 valence electrons. The number of aryl methyl sites for hydroxylation is 1. The van der Waals surface area contributed by atoms with Gasteiger partial charge in [-0.05, 0) is 55.3 Å². The summed E-state index contributed by atoms with van der Waals surface area (Å²) in [4.78, 5) is 32.3. The van der Waals surface area contributed by atoms with Crippen molar-refractivity contribution >= 4 is 19.8 Å². The molecule has 2 heterocycles. The summed E-state index contributed by atoms with van der Waals surface area (Å²) in [5.74, 6) is -6.27. The van der Waals surface area contributed by atoms with E-state index in [1.807, 2.05) is 0 Å². The van der Waals surface area contributed by atoms with Crippen LogP contribution < -0.4 is 4.57 Å². The lowest BCUT2D eigenvalue weighted by molar-refractivity contribution is -0.597. The van der Waals surface area contributed by atoms with Crippen molar-refractivity contribution in [1.29, 1.82) is 0 Å². The minimum absolute atomic E-state index is 0.0572. The highest BCUT2D eigenvalue weighted by Gasteiger charge is 2.37. The van der Waals surface area contributed by atoms with Gasteiger partial charge in [0, 0.05) is 6.92 Å². The molecule has 3 atom stereocenters. The molecule has 0 radical (unpaired) electrons. The van der Waals surface area contributed by atoms with Crippen molar-refractivity contribution in [2.45, 2.75) is 45.8 Å². The summed E-state index contributed by atoms with van der Waals surface area (Å²) < 4.78 is 80.5. The molecule has 0 spiro atoms. The van der Waals surface area contributed by atoms with E-state index in [1.54, 1.807) is 13.8 Å². The first-order valence-corrected chi connectivity index (χ1v) is 13.8. The number of carbonyl (C=O) groups excluding carboxylic acids is 1. The summed E-state index contributed by atoms with van der Waals surface area (Å²) in [7, 11) is -4.71. The van der Waals surface area contributed by atoms with E-state index in [9.17, 15) is 27.6 Å². The highest BCUT2D eigenvalue weighted by atomic mass is 31.2. The summed E-state index contributed by atoms with van der Waals surface area (Å²) in [6.07, 6.45) is 2.26. The van der Waals surface area contributed by atoms with Crippen molar-refractivity contribution in [1.82, 2.24) is 9.47 Å². The number of phosphoric acid groups is 1. The van der Waals surface area contributed by atoms with Crippen molar-refractivity contribution in [3.8, 4) is 5.69 Å². The molecule has 3 aromatic rings. The molecule has 0 unspecified atom stereocenters. The first-order valence-electron chi connectivity index (χ1n) is 12.2. The Balaban J connectivity index is 1.62. The van der Waals surface area contributed by atoms with Gasteiger partial charge in [0.2, 0.25) is 6.73 Å². The van der Waals surface area contributed by atoms with Gasteiger partial charge in [0.05, 0.1) is 18.7 Å². The molecule has 0 saturated carbocycles. The molecule has 1 saturated heterocycles. The average molecular weight is 600 g/mol. The zero-order valence-corrected chi connectivity index (χ0v) is 22.9. The molecular formula is C26H27F4N3O7P+. The van der Waals surface area contributed by atoms with Gasteiger partial charge in [0.25, 0.3) is 12.2 Å². The standard InChI is InChI=1S/C26H26F4N3O7P/c1-14-10-31(12-32(14)13-39-41(36,37)38)22-5-4-17(6-19(22)27)7-23-26(35)33(11-15(2)40-23)25(16(3)34)18-8-20(28)24(30)21(29)9-18/h4-10,12,15-16,25,34H,11,13H2,1-3H3,(H-,36,37,38)/p+1/t15-,16+,25-/m0/s1. The van der Waals surface area contributed by atoms with Crippen molar-refractivity contribution < 1.29 is 55.6 Å². The number of aromatic nitrogens is 2. The van der Waals surface area contributed by atoms with Crippen LogP contribution in [-0.4, -0.2) is 49.0 Å². The number of hydrogen-bond donors (Lipinski definition) is 3. The van der Waals surface area contributed by atoms with Gasteiger partial charge < -0.3 is 24.5 Å². The van der Waals surface area contributed by atoms with Crippen LogP contribution in [0.5, 0.6) is 0 Å². The van der Waals surface area contributed by atoms with Gasteiger partial charge in [-0.15, -0.1) is 0 Å². The number of carbonyl (C=O) groups is 1. The maximum atomic E-state index is 15.1. The van der Waals surface area contributed by atoms with Crippen LogP contribution in [0.15, 0.2) is 48.6 Å². The fraction of sp³-hybridized carbons (Fsp3) is 0.308. The first kappa shape index (κ1) is 30.4. The van der Waals surface area contributed by atoms with Crippen LogP contribution in [-0.2, 0) is 25.4 Å². The predicted octanol–water partition coefficient (Wildman–Crippen LogP) is 3.41. The Labute approximate surface area is 231 Å². The number of ether oxygens (including phenoxy) is 1. The van der Waals surface area contributed by atoms with E-state index in [4.69, 9.17) is 14.5 Å². The molecule has 15 heteroatoms. The third-order valence-corrected chi connectivity index (χ3v) is 6.80. The lowest BCUT2D eigenvalue weighted by Gasteiger charge is -2.39. The Morgan fingerprint density at radius 2 is 1.83 bits per heavy atom. The Morgan fingerprint density at radius 3 is 2.41 bits per heavy atom. The molecule has 2 aromatic carbocycles. The van der Waals surface area contributed by atoms with E-state index < -0.39 is 62.0 Å². The number of benzene rings is 2. The second-order valence-corrected chi connectivity index (χ2v) is 10.8. The van der Waals surface area contributed by atoms with Crippen LogP contribution in [0.4, 0.5) is 17.6 Å². The molecule has 4 rings (SSSR count). The van der Waals surface area contributed by atoms with Crippen molar-refractivity contribution in [2.24, 2.45) is 0 Å². The lowest BCUT2D eigenvalue weighted by Crippen LogP contribution is -2.48. The van der Waals surface area contributed by atoms with E-state index in [1.165, 1.54) is 46.8 Å². The summed E-state index contributed by atoms with van der Waals surface area (Å²) in [5, 5.41) is 10.4. The van der Waals surface area contributed by atoms with Gasteiger partial charge in [-0.3, -0.25) is 4.79 Å². The quantitative estimate of drug-likeness (QED) is 0.119. The second kappa shape index (κ2) is 11.7. The van der Waals surface area contributed by atoms with Crippen LogP contribution in [0, 0.1) is 30.2 Å². The molecule has 0 bridgehead atoms. The van der Waals surface area contributed by atoms with E-state index in [0.717, 1.165) is 11.0 Å². The summed E-state index contributed by atoms with van der Waals surface area (Å²) in [6.45, 7) is 4.05. The Kier molecular flexibility index (Phi) is 8.71. The number of amides is 1. The number of aliphatic hydroxyl groups excluding tert-OH is 1. The SMILES string of the molecule is Cc1c[n+](-c2ccc(C=C3O[C@@H](C)CN([C@H](c4cc(F)c(F)c(F)c4)[C@@H](C)O)C3=O)cc2F)cn1COP(=O)(O)O. The van der Waals surface area contributed by atoms with Gasteiger partial charge in [-0.2, -0.15) is 4.57 Å². The monoisotopic (exact) mass is 600 g/mol. The highest BCUT2D eigenvalue weighted by molar-refractivity contribution is 7.46. The molecule has 3 N–H and O–H groups in total. The topological polar surface area (TPSA) is 125 Å². The van der Waals surface area contributed by atoms with Crippen molar-refractivity contribution in [3.05, 3.63) is 88.7 Å². The van der Waals surface area contributed by atoms with Crippen LogP contribution in [0.1, 0.15) is 36.7 Å². The molecule has 0 aliphatic carbocycles. The fourth-order valence-electron chi connectivity index (χ4n) is 4.53. The van der Waals surface area contributed by atoms with Gasteiger partial charge in [0.15, 0.2) is 34.7 Å². The lowest BCUT2D eigenvalue weighted by atomic mass is 9.98. The van der Waals surface area contributed by atoms with Gasteiger partial charge in [-0.1, -0.05) is 6.07 Å². The Hall–Kier alpha value is -3.55. The molecule has 1 aliphatic rings. The largest absolute Gasteiger partial charge is 0.483 e. The Bertz CT molecular complexity index is 1530. The molecular weight excluding hydrogens is 573 g/mol. The number of rotatable bonds is 8. The molecule has 1 aliphatic heterocycles. The van der Waals surface area contributed by atoms with E-state index in [2.05, 4.69) is 4.52 Å².